The molecular formula is C15H20N4O3. The van der Waals surface area contributed by atoms with Gasteiger partial charge in [-0.25, -0.2) is 0 Å². The van der Waals surface area contributed by atoms with Gasteiger partial charge in [-0.05, 0) is 19.3 Å². The molecule has 0 saturated carbocycles. The van der Waals surface area contributed by atoms with Crippen LogP contribution < -0.4 is 10.5 Å². The second-order valence-corrected chi connectivity index (χ2v) is 5.97. The number of nitrogens with zero attached hydrogens (tertiary/aromatic N) is 3. The first-order valence-corrected chi connectivity index (χ1v) is 7.78. The number of fused-ring (bicyclic) bond motifs is 1. The first-order valence-electron chi connectivity index (χ1n) is 7.78. The molecule has 2 N–H and O–H groups in total. The molecule has 0 spiro atoms. The van der Waals surface area contributed by atoms with Gasteiger partial charge in [0.05, 0.1) is 38.2 Å². The summed E-state index contributed by atoms with van der Waals surface area (Å²) in [5.41, 5.74) is 8.16. The van der Waals surface area contributed by atoms with Gasteiger partial charge in [-0.2, -0.15) is 5.10 Å². The molecule has 1 aliphatic carbocycles. The zero-order valence-corrected chi connectivity index (χ0v) is 12.4. The van der Waals surface area contributed by atoms with Gasteiger partial charge in [0.15, 0.2) is 5.75 Å². The Hall–Kier alpha value is -1.86. The molecule has 3 heterocycles. The number of aryl methyl sites for hydroxylation is 1. The SMILES string of the molecule is N[C@H]1COC[C@H]1Oc1cnn(Cc2noc3c2CCCC3)c1. The molecule has 0 aromatic carbocycles. The molecule has 7 nitrogen and oxygen atoms in total. The topological polar surface area (TPSA) is 88.3 Å². The Morgan fingerprint density at radius 1 is 1.32 bits per heavy atom. The Kier molecular flexibility index (Phi) is 3.59. The predicted octanol–water partition coefficient (Wildman–Crippen LogP) is 0.903. The summed E-state index contributed by atoms with van der Waals surface area (Å²) in [5.74, 6) is 1.75. The van der Waals surface area contributed by atoms with Crippen LogP contribution in [0.2, 0.25) is 0 Å². The van der Waals surface area contributed by atoms with Gasteiger partial charge < -0.3 is 19.7 Å². The zero-order valence-electron chi connectivity index (χ0n) is 12.4. The minimum atomic E-state index is -0.0996. The van der Waals surface area contributed by atoms with Gasteiger partial charge in [0, 0.05) is 12.0 Å². The third kappa shape index (κ3) is 2.62. The van der Waals surface area contributed by atoms with Crippen LogP contribution >= 0.6 is 0 Å². The highest BCUT2D eigenvalue weighted by Gasteiger charge is 2.27. The number of hydrogen-bond acceptors (Lipinski definition) is 6. The maximum Gasteiger partial charge on any atom is 0.157 e. The number of rotatable bonds is 4. The van der Waals surface area contributed by atoms with E-state index >= 15 is 0 Å². The lowest BCUT2D eigenvalue weighted by molar-refractivity contribution is 0.140. The number of aromatic nitrogens is 3. The second kappa shape index (κ2) is 5.73. The van der Waals surface area contributed by atoms with Crippen molar-refractivity contribution in [2.75, 3.05) is 13.2 Å². The van der Waals surface area contributed by atoms with Crippen LogP contribution in [-0.2, 0) is 24.1 Å². The lowest BCUT2D eigenvalue weighted by Gasteiger charge is -2.13. The first-order chi connectivity index (χ1) is 10.8. The minimum Gasteiger partial charge on any atom is -0.483 e. The summed E-state index contributed by atoms with van der Waals surface area (Å²) < 4.78 is 18.4. The average molecular weight is 304 g/mol. The van der Waals surface area contributed by atoms with Crippen LogP contribution in [0.25, 0.3) is 0 Å². The molecule has 0 bridgehead atoms. The fraction of sp³-hybridized carbons (Fsp3) is 0.600. The van der Waals surface area contributed by atoms with Crippen molar-refractivity contribution in [3.8, 4) is 5.75 Å². The molecule has 1 saturated heterocycles. The minimum absolute atomic E-state index is 0.0779. The van der Waals surface area contributed by atoms with E-state index in [1.165, 1.54) is 18.4 Å². The Morgan fingerprint density at radius 3 is 3.09 bits per heavy atom. The second-order valence-electron chi connectivity index (χ2n) is 5.97. The highest BCUT2D eigenvalue weighted by atomic mass is 16.5. The highest BCUT2D eigenvalue weighted by Crippen LogP contribution is 2.25. The maximum atomic E-state index is 5.92. The van der Waals surface area contributed by atoms with Crippen molar-refractivity contribution in [3.63, 3.8) is 0 Å². The van der Waals surface area contributed by atoms with Crippen molar-refractivity contribution in [1.82, 2.24) is 14.9 Å². The number of hydrogen-bond donors (Lipinski definition) is 1. The van der Waals surface area contributed by atoms with Crippen molar-refractivity contribution in [3.05, 3.63) is 29.4 Å². The van der Waals surface area contributed by atoms with E-state index in [4.69, 9.17) is 19.7 Å². The van der Waals surface area contributed by atoms with E-state index in [1.54, 1.807) is 6.20 Å². The van der Waals surface area contributed by atoms with Gasteiger partial charge in [0.2, 0.25) is 0 Å². The fourth-order valence-corrected chi connectivity index (χ4v) is 3.07. The van der Waals surface area contributed by atoms with Gasteiger partial charge >= 0.3 is 0 Å². The van der Waals surface area contributed by atoms with Gasteiger partial charge in [-0.3, -0.25) is 4.68 Å². The molecule has 22 heavy (non-hydrogen) atoms. The maximum absolute atomic E-state index is 5.92. The van der Waals surface area contributed by atoms with E-state index in [0.717, 1.165) is 24.3 Å². The first kappa shape index (κ1) is 13.8. The molecule has 7 heteroatoms. The molecule has 1 fully saturated rings. The quantitative estimate of drug-likeness (QED) is 0.903. The average Bonchev–Trinajstić information content (AvgIpc) is 3.23. The van der Waals surface area contributed by atoms with E-state index in [-0.39, 0.29) is 12.1 Å². The predicted molar refractivity (Wildman–Crippen MR) is 77.7 cm³/mol. The van der Waals surface area contributed by atoms with Crippen LogP contribution in [0.3, 0.4) is 0 Å². The molecule has 1 aliphatic heterocycles. The molecule has 2 aromatic heterocycles. The van der Waals surface area contributed by atoms with Gasteiger partial charge in [-0.1, -0.05) is 5.16 Å². The third-order valence-corrected chi connectivity index (χ3v) is 4.31. The van der Waals surface area contributed by atoms with Crippen LogP contribution in [0.4, 0.5) is 0 Å². The summed E-state index contributed by atoms with van der Waals surface area (Å²) in [6.07, 6.45) is 7.91. The van der Waals surface area contributed by atoms with Crippen LogP contribution in [0.15, 0.2) is 16.9 Å². The standard InChI is InChI=1S/C15H20N4O3/c16-12-8-20-9-15(12)21-10-5-17-19(6-10)7-13-11-3-1-2-4-14(11)22-18-13/h5-6,12,15H,1-4,7-9,16H2/t12-,15+/m0/s1. The van der Waals surface area contributed by atoms with E-state index in [2.05, 4.69) is 10.3 Å². The highest BCUT2D eigenvalue weighted by molar-refractivity contribution is 5.26. The molecule has 4 rings (SSSR count). The van der Waals surface area contributed by atoms with Crippen molar-refractivity contribution in [2.24, 2.45) is 5.73 Å². The Labute approximate surface area is 128 Å². The molecule has 118 valence electrons. The largest absolute Gasteiger partial charge is 0.483 e. The van der Waals surface area contributed by atoms with Gasteiger partial charge in [0.25, 0.3) is 0 Å². The van der Waals surface area contributed by atoms with E-state index < -0.39 is 0 Å². The van der Waals surface area contributed by atoms with Crippen LogP contribution in [0, 0.1) is 0 Å². The van der Waals surface area contributed by atoms with Crippen LogP contribution in [0.1, 0.15) is 29.9 Å². The van der Waals surface area contributed by atoms with Crippen LogP contribution in [0.5, 0.6) is 5.75 Å². The zero-order chi connectivity index (χ0) is 14.9. The number of ether oxygens (including phenoxy) is 2. The van der Waals surface area contributed by atoms with Gasteiger partial charge in [0.1, 0.15) is 17.6 Å². The molecule has 2 atom stereocenters. The third-order valence-electron chi connectivity index (χ3n) is 4.31. The molecule has 0 radical (unpaired) electrons. The van der Waals surface area contributed by atoms with E-state index in [0.29, 0.717) is 25.5 Å². The van der Waals surface area contributed by atoms with Crippen molar-refractivity contribution < 1.29 is 14.0 Å². The van der Waals surface area contributed by atoms with Crippen molar-refractivity contribution in [2.45, 2.75) is 44.4 Å². The Balaban J connectivity index is 1.44. The van der Waals surface area contributed by atoms with E-state index in [9.17, 15) is 0 Å². The summed E-state index contributed by atoms with van der Waals surface area (Å²) in [7, 11) is 0. The fourth-order valence-electron chi connectivity index (χ4n) is 3.07. The van der Waals surface area contributed by atoms with Crippen LogP contribution in [-0.4, -0.2) is 40.3 Å². The summed E-state index contributed by atoms with van der Waals surface area (Å²) >= 11 is 0. The van der Waals surface area contributed by atoms with Gasteiger partial charge in [-0.15, -0.1) is 0 Å². The Morgan fingerprint density at radius 2 is 2.23 bits per heavy atom. The molecule has 0 unspecified atom stereocenters. The Bertz CT molecular complexity index is 651. The molecule has 0 amide bonds. The summed E-state index contributed by atoms with van der Waals surface area (Å²) in [6.45, 7) is 1.68. The normalized spacial score (nSPS) is 24.4. The van der Waals surface area contributed by atoms with E-state index in [1.807, 2.05) is 10.9 Å². The smallest absolute Gasteiger partial charge is 0.157 e. The summed E-state index contributed by atoms with van der Waals surface area (Å²) in [5, 5.41) is 8.54. The summed E-state index contributed by atoms with van der Waals surface area (Å²) in [6, 6.07) is -0.0779. The number of nitrogens with two attached hydrogens (primary N) is 1. The molecule has 2 aromatic rings. The molecular weight excluding hydrogens is 284 g/mol. The lowest BCUT2D eigenvalue weighted by atomic mass is 9.96. The monoisotopic (exact) mass is 304 g/mol. The molecule has 2 aliphatic rings. The van der Waals surface area contributed by atoms with Crippen molar-refractivity contribution >= 4 is 0 Å². The van der Waals surface area contributed by atoms with Crippen molar-refractivity contribution in [1.29, 1.82) is 0 Å². The lowest BCUT2D eigenvalue weighted by Crippen LogP contribution is -2.37. The summed E-state index contributed by atoms with van der Waals surface area (Å²) in [4.78, 5) is 0.